The van der Waals surface area contributed by atoms with Crippen LogP contribution in [0.4, 0.5) is 0 Å². The lowest BCUT2D eigenvalue weighted by Gasteiger charge is -2.15. The Balaban J connectivity index is 1.57. The average Bonchev–Trinajstić information content (AvgIpc) is 2.77. The van der Waals surface area contributed by atoms with E-state index < -0.39 is 12.1 Å². The number of amides is 1. The number of nitrogens with one attached hydrogen (secondary N) is 1. The summed E-state index contributed by atoms with van der Waals surface area (Å²) in [7, 11) is 0. The van der Waals surface area contributed by atoms with Crippen LogP contribution in [0.25, 0.3) is 0 Å². The van der Waals surface area contributed by atoms with Crippen LogP contribution in [-0.2, 0) is 22.7 Å². The molecule has 3 aromatic carbocycles. The normalized spacial score (nSPS) is 11.3. The van der Waals surface area contributed by atoms with E-state index in [9.17, 15) is 9.59 Å². The Hall–Kier alpha value is -3.60. The first-order chi connectivity index (χ1) is 14.1. The van der Waals surface area contributed by atoms with Crippen LogP contribution in [0.1, 0.15) is 28.4 Å². The predicted octanol–water partition coefficient (Wildman–Crippen LogP) is 4.13. The lowest BCUT2D eigenvalue weighted by Crippen LogP contribution is -2.35. The Morgan fingerprint density at radius 3 is 2.21 bits per heavy atom. The van der Waals surface area contributed by atoms with Crippen molar-refractivity contribution in [3.8, 4) is 5.75 Å². The molecule has 0 fully saturated rings. The van der Waals surface area contributed by atoms with Crippen molar-refractivity contribution in [3.63, 3.8) is 0 Å². The van der Waals surface area contributed by atoms with E-state index in [1.807, 2.05) is 66.7 Å². The van der Waals surface area contributed by atoms with E-state index in [2.05, 4.69) is 5.32 Å². The largest absolute Gasteiger partial charge is 0.489 e. The van der Waals surface area contributed by atoms with Crippen molar-refractivity contribution >= 4 is 11.9 Å². The van der Waals surface area contributed by atoms with Crippen molar-refractivity contribution in [3.05, 3.63) is 102 Å². The summed E-state index contributed by atoms with van der Waals surface area (Å²) in [5.41, 5.74) is 2.05. The van der Waals surface area contributed by atoms with Crippen LogP contribution in [0.2, 0.25) is 0 Å². The third-order valence-electron chi connectivity index (χ3n) is 4.34. The summed E-state index contributed by atoms with van der Waals surface area (Å²) in [6.45, 7) is 2.16. The fraction of sp³-hybridized carbons (Fsp3) is 0.167. The maximum absolute atomic E-state index is 12.6. The molecule has 0 heterocycles. The highest BCUT2D eigenvalue weighted by Gasteiger charge is 2.20. The van der Waals surface area contributed by atoms with Crippen LogP contribution in [0, 0.1) is 0 Å². The molecule has 1 N–H and O–H groups in total. The molecule has 3 aromatic rings. The minimum atomic E-state index is -0.908. The Morgan fingerprint density at radius 2 is 1.48 bits per heavy atom. The first-order valence-corrected chi connectivity index (χ1v) is 9.42. The lowest BCUT2D eigenvalue weighted by atomic mass is 10.1. The summed E-state index contributed by atoms with van der Waals surface area (Å²) in [6.07, 6.45) is -0.908. The Bertz CT molecular complexity index is 941. The second-order valence-electron chi connectivity index (χ2n) is 6.51. The third kappa shape index (κ3) is 5.94. The monoisotopic (exact) mass is 389 g/mol. The number of hydrogen-bond acceptors (Lipinski definition) is 4. The molecule has 5 nitrogen and oxygen atoms in total. The van der Waals surface area contributed by atoms with Crippen molar-refractivity contribution in [2.75, 3.05) is 0 Å². The first kappa shape index (κ1) is 20.1. The van der Waals surface area contributed by atoms with Crippen molar-refractivity contribution in [1.29, 1.82) is 0 Å². The van der Waals surface area contributed by atoms with Crippen molar-refractivity contribution in [1.82, 2.24) is 5.32 Å². The van der Waals surface area contributed by atoms with Crippen molar-refractivity contribution in [2.24, 2.45) is 0 Å². The van der Waals surface area contributed by atoms with Gasteiger partial charge in [0, 0.05) is 12.1 Å². The molecule has 0 saturated carbocycles. The molecule has 0 unspecified atom stereocenters. The number of esters is 1. The number of para-hydroxylation sites is 1. The van der Waals surface area contributed by atoms with Gasteiger partial charge in [-0.2, -0.15) is 0 Å². The van der Waals surface area contributed by atoms with Crippen LogP contribution in [-0.4, -0.2) is 18.0 Å². The highest BCUT2D eigenvalue weighted by molar-refractivity contribution is 5.93. The van der Waals surface area contributed by atoms with E-state index in [1.165, 1.54) is 0 Å². The van der Waals surface area contributed by atoms with Gasteiger partial charge >= 0.3 is 5.97 Å². The maximum Gasteiger partial charge on any atom is 0.339 e. The van der Waals surface area contributed by atoms with Crippen LogP contribution in [0.15, 0.2) is 84.9 Å². The quantitative estimate of drug-likeness (QED) is 0.589. The van der Waals surface area contributed by atoms with Gasteiger partial charge in [-0.15, -0.1) is 0 Å². The van der Waals surface area contributed by atoms with Crippen molar-refractivity contribution in [2.45, 2.75) is 26.2 Å². The number of hydrogen-bond donors (Lipinski definition) is 1. The molecule has 3 rings (SSSR count). The van der Waals surface area contributed by atoms with Gasteiger partial charge in [-0.25, -0.2) is 4.79 Å². The Labute approximate surface area is 170 Å². The fourth-order valence-electron chi connectivity index (χ4n) is 2.73. The molecule has 29 heavy (non-hydrogen) atoms. The van der Waals surface area contributed by atoms with Crippen LogP contribution < -0.4 is 10.1 Å². The third-order valence-corrected chi connectivity index (χ3v) is 4.34. The summed E-state index contributed by atoms with van der Waals surface area (Å²) in [4.78, 5) is 24.9. The van der Waals surface area contributed by atoms with Crippen LogP contribution >= 0.6 is 0 Å². The second-order valence-corrected chi connectivity index (χ2v) is 6.51. The number of rotatable bonds is 8. The van der Waals surface area contributed by atoms with Gasteiger partial charge in [-0.1, -0.05) is 66.7 Å². The zero-order valence-electron chi connectivity index (χ0n) is 16.2. The standard InChI is InChI=1S/C24H23NO4/c1-18(23(26)25-16-19-10-4-2-5-11-19)29-24(27)22-15-9-8-12-20(22)17-28-21-13-6-3-7-14-21/h2-15,18H,16-17H2,1H3,(H,25,26)/t18-/m0/s1. The highest BCUT2D eigenvalue weighted by atomic mass is 16.5. The Morgan fingerprint density at radius 1 is 0.862 bits per heavy atom. The molecular formula is C24H23NO4. The minimum Gasteiger partial charge on any atom is -0.489 e. The van der Waals surface area contributed by atoms with E-state index in [0.29, 0.717) is 23.4 Å². The van der Waals surface area contributed by atoms with E-state index in [-0.39, 0.29) is 12.5 Å². The van der Waals surface area contributed by atoms with Crippen molar-refractivity contribution < 1.29 is 19.1 Å². The van der Waals surface area contributed by atoms with Crippen LogP contribution in [0.3, 0.4) is 0 Å². The summed E-state index contributed by atoms with van der Waals surface area (Å²) < 4.78 is 11.1. The fourth-order valence-corrected chi connectivity index (χ4v) is 2.73. The van der Waals surface area contributed by atoms with Gasteiger partial charge in [-0.05, 0) is 30.7 Å². The molecule has 0 bridgehead atoms. The predicted molar refractivity (Wildman–Crippen MR) is 110 cm³/mol. The van der Waals surface area contributed by atoms with Gasteiger partial charge in [0.2, 0.25) is 0 Å². The highest BCUT2D eigenvalue weighted by Crippen LogP contribution is 2.16. The van der Waals surface area contributed by atoms with E-state index in [1.54, 1.807) is 25.1 Å². The van der Waals surface area contributed by atoms with Gasteiger partial charge in [0.25, 0.3) is 5.91 Å². The van der Waals surface area contributed by atoms with E-state index in [4.69, 9.17) is 9.47 Å². The zero-order chi connectivity index (χ0) is 20.5. The average molecular weight is 389 g/mol. The minimum absolute atomic E-state index is 0.226. The molecule has 0 radical (unpaired) electrons. The molecule has 0 spiro atoms. The Kier molecular flexibility index (Phi) is 7.00. The molecule has 0 aliphatic heterocycles. The van der Waals surface area contributed by atoms with Crippen LogP contribution in [0.5, 0.6) is 5.75 Å². The van der Waals surface area contributed by atoms with Gasteiger partial charge in [0.15, 0.2) is 6.10 Å². The number of benzene rings is 3. The second kappa shape index (κ2) is 10.1. The summed E-state index contributed by atoms with van der Waals surface area (Å²) in [6, 6.07) is 26.0. The van der Waals surface area contributed by atoms with Gasteiger partial charge in [0.1, 0.15) is 12.4 Å². The molecule has 0 aliphatic rings. The molecule has 1 amide bonds. The SMILES string of the molecule is C[C@H](OC(=O)c1ccccc1COc1ccccc1)C(=O)NCc1ccccc1. The van der Waals surface area contributed by atoms with Gasteiger partial charge in [0.05, 0.1) is 5.56 Å². The van der Waals surface area contributed by atoms with E-state index >= 15 is 0 Å². The maximum atomic E-state index is 12.6. The molecule has 0 saturated heterocycles. The number of carbonyl (C=O) groups is 2. The molecule has 148 valence electrons. The molecule has 5 heteroatoms. The number of ether oxygens (including phenoxy) is 2. The molecule has 0 aliphatic carbocycles. The molecular weight excluding hydrogens is 366 g/mol. The molecule has 0 aromatic heterocycles. The topological polar surface area (TPSA) is 64.6 Å². The van der Waals surface area contributed by atoms with Gasteiger partial charge < -0.3 is 14.8 Å². The summed E-state index contributed by atoms with van der Waals surface area (Å²) in [5.74, 6) is -0.191. The molecule has 1 atom stereocenters. The van der Waals surface area contributed by atoms with Gasteiger partial charge in [-0.3, -0.25) is 4.79 Å². The first-order valence-electron chi connectivity index (χ1n) is 9.42. The lowest BCUT2D eigenvalue weighted by molar-refractivity contribution is -0.129. The summed E-state index contributed by atoms with van der Waals surface area (Å²) in [5, 5.41) is 2.78. The zero-order valence-corrected chi connectivity index (χ0v) is 16.2. The smallest absolute Gasteiger partial charge is 0.339 e. The van der Waals surface area contributed by atoms with E-state index in [0.717, 1.165) is 5.56 Å². The summed E-state index contributed by atoms with van der Waals surface area (Å²) >= 11 is 0. The number of carbonyl (C=O) groups excluding carboxylic acids is 2.